The summed E-state index contributed by atoms with van der Waals surface area (Å²) in [5.74, 6) is 0.645. The van der Waals surface area contributed by atoms with Crippen molar-refractivity contribution in [2.75, 3.05) is 6.54 Å². The SMILES string of the molecule is C=CCNC(=O)C(C)Oc1ccccc1CC. The number of rotatable bonds is 6. The van der Waals surface area contributed by atoms with Crippen LogP contribution in [-0.2, 0) is 11.2 Å². The number of hydrogen-bond acceptors (Lipinski definition) is 2. The Kier molecular flexibility index (Phi) is 5.27. The maximum absolute atomic E-state index is 11.6. The molecule has 1 N–H and O–H groups in total. The van der Waals surface area contributed by atoms with E-state index in [1.807, 2.05) is 24.3 Å². The summed E-state index contributed by atoms with van der Waals surface area (Å²) in [4.78, 5) is 11.6. The molecule has 1 atom stereocenters. The van der Waals surface area contributed by atoms with E-state index in [2.05, 4.69) is 18.8 Å². The average molecular weight is 233 g/mol. The molecule has 1 rings (SSSR count). The predicted octanol–water partition coefficient (Wildman–Crippen LogP) is 2.32. The van der Waals surface area contributed by atoms with Gasteiger partial charge in [0.1, 0.15) is 5.75 Å². The first-order chi connectivity index (χ1) is 8.19. The highest BCUT2D eigenvalue weighted by atomic mass is 16.5. The van der Waals surface area contributed by atoms with E-state index >= 15 is 0 Å². The van der Waals surface area contributed by atoms with Crippen molar-refractivity contribution in [3.63, 3.8) is 0 Å². The van der Waals surface area contributed by atoms with Gasteiger partial charge >= 0.3 is 0 Å². The Labute approximate surface area is 102 Å². The van der Waals surface area contributed by atoms with E-state index in [-0.39, 0.29) is 5.91 Å². The first-order valence-electron chi connectivity index (χ1n) is 5.82. The monoisotopic (exact) mass is 233 g/mol. The summed E-state index contributed by atoms with van der Waals surface area (Å²) in [6.45, 7) is 7.81. The summed E-state index contributed by atoms with van der Waals surface area (Å²) < 4.78 is 5.65. The Balaban J connectivity index is 2.63. The van der Waals surface area contributed by atoms with Crippen LogP contribution in [0.3, 0.4) is 0 Å². The van der Waals surface area contributed by atoms with Crippen LogP contribution in [-0.4, -0.2) is 18.6 Å². The molecule has 0 radical (unpaired) electrons. The molecule has 0 bridgehead atoms. The van der Waals surface area contributed by atoms with E-state index in [1.165, 1.54) is 0 Å². The number of nitrogens with one attached hydrogen (secondary N) is 1. The van der Waals surface area contributed by atoms with Crippen LogP contribution in [0.15, 0.2) is 36.9 Å². The van der Waals surface area contributed by atoms with Crippen LogP contribution < -0.4 is 10.1 Å². The highest BCUT2D eigenvalue weighted by Crippen LogP contribution is 2.19. The molecule has 0 saturated heterocycles. The van der Waals surface area contributed by atoms with Crippen molar-refractivity contribution in [3.05, 3.63) is 42.5 Å². The van der Waals surface area contributed by atoms with E-state index in [9.17, 15) is 4.79 Å². The Morgan fingerprint density at radius 1 is 1.53 bits per heavy atom. The second-order valence-electron chi connectivity index (χ2n) is 3.76. The molecule has 17 heavy (non-hydrogen) atoms. The molecule has 92 valence electrons. The van der Waals surface area contributed by atoms with Crippen LogP contribution in [0, 0.1) is 0 Å². The van der Waals surface area contributed by atoms with Crippen LogP contribution in [0.4, 0.5) is 0 Å². The van der Waals surface area contributed by atoms with Crippen molar-refractivity contribution in [1.29, 1.82) is 0 Å². The van der Waals surface area contributed by atoms with Gasteiger partial charge in [-0.2, -0.15) is 0 Å². The molecule has 0 saturated carbocycles. The van der Waals surface area contributed by atoms with Gasteiger partial charge in [0.15, 0.2) is 6.10 Å². The second-order valence-corrected chi connectivity index (χ2v) is 3.76. The summed E-state index contributed by atoms with van der Waals surface area (Å²) in [6.07, 6.45) is 2.03. The number of ether oxygens (including phenoxy) is 1. The first-order valence-corrected chi connectivity index (χ1v) is 5.82. The molecule has 1 aromatic carbocycles. The van der Waals surface area contributed by atoms with Crippen molar-refractivity contribution in [2.24, 2.45) is 0 Å². The zero-order chi connectivity index (χ0) is 12.7. The minimum absolute atomic E-state index is 0.129. The van der Waals surface area contributed by atoms with Gasteiger partial charge in [-0.1, -0.05) is 31.2 Å². The summed E-state index contributed by atoms with van der Waals surface area (Å²) in [5, 5.41) is 2.71. The number of para-hydroxylation sites is 1. The molecule has 0 aromatic heterocycles. The van der Waals surface area contributed by atoms with Crippen LogP contribution in [0.1, 0.15) is 19.4 Å². The Morgan fingerprint density at radius 2 is 2.24 bits per heavy atom. The third-order valence-electron chi connectivity index (χ3n) is 2.45. The maximum Gasteiger partial charge on any atom is 0.261 e. The lowest BCUT2D eigenvalue weighted by Gasteiger charge is -2.16. The van der Waals surface area contributed by atoms with Gasteiger partial charge in [0.2, 0.25) is 0 Å². The zero-order valence-electron chi connectivity index (χ0n) is 10.4. The van der Waals surface area contributed by atoms with Crippen molar-refractivity contribution >= 4 is 5.91 Å². The summed E-state index contributed by atoms with van der Waals surface area (Å²) in [6, 6.07) is 7.76. The van der Waals surface area contributed by atoms with E-state index in [1.54, 1.807) is 13.0 Å². The number of carbonyl (C=O) groups is 1. The molecule has 0 spiro atoms. The number of hydrogen-bond donors (Lipinski definition) is 1. The van der Waals surface area contributed by atoms with E-state index < -0.39 is 6.10 Å². The van der Waals surface area contributed by atoms with E-state index in [0.717, 1.165) is 17.7 Å². The number of amides is 1. The number of aryl methyl sites for hydroxylation is 1. The molecule has 1 unspecified atom stereocenters. The third kappa shape index (κ3) is 3.94. The quantitative estimate of drug-likeness (QED) is 0.766. The van der Waals surface area contributed by atoms with Gasteiger partial charge in [-0.3, -0.25) is 4.79 Å². The fourth-order valence-electron chi connectivity index (χ4n) is 1.47. The zero-order valence-corrected chi connectivity index (χ0v) is 10.4. The minimum Gasteiger partial charge on any atom is -0.481 e. The molecule has 0 aliphatic rings. The minimum atomic E-state index is -0.498. The smallest absolute Gasteiger partial charge is 0.261 e. The van der Waals surface area contributed by atoms with Crippen molar-refractivity contribution in [3.8, 4) is 5.75 Å². The van der Waals surface area contributed by atoms with Crippen LogP contribution in [0.2, 0.25) is 0 Å². The fourth-order valence-corrected chi connectivity index (χ4v) is 1.47. The van der Waals surface area contributed by atoms with Crippen LogP contribution in [0.5, 0.6) is 5.75 Å². The molecule has 0 aliphatic heterocycles. The lowest BCUT2D eigenvalue weighted by molar-refractivity contribution is -0.127. The molecule has 3 heteroatoms. The van der Waals surface area contributed by atoms with Crippen molar-refractivity contribution in [1.82, 2.24) is 5.32 Å². The number of benzene rings is 1. The van der Waals surface area contributed by atoms with Crippen LogP contribution in [0.25, 0.3) is 0 Å². The maximum atomic E-state index is 11.6. The molecular weight excluding hydrogens is 214 g/mol. The van der Waals surface area contributed by atoms with Gasteiger partial charge in [-0.15, -0.1) is 6.58 Å². The molecule has 3 nitrogen and oxygen atoms in total. The molecular formula is C14H19NO2. The van der Waals surface area contributed by atoms with Gasteiger partial charge in [0.05, 0.1) is 0 Å². The van der Waals surface area contributed by atoms with Crippen LogP contribution >= 0.6 is 0 Å². The lowest BCUT2D eigenvalue weighted by atomic mass is 10.1. The standard InChI is InChI=1S/C14H19NO2/c1-4-10-15-14(16)11(3)17-13-9-7-6-8-12(13)5-2/h4,6-9,11H,1,5,10H2,2-3H3,(H,15,16). The normalized spacial score (nSPS) is 11.6. The Bertz CT molecular complexity index is 388. The molecule has 1 aromatic rings. The third-order valence-corrected chi connectivity index (χ3v) is 2.45. The topological polar surface area (TPSA) is 38.3 Å². The molecule has 1 amide bonds. The Hall–Kier alpha value is -1.77. The Morgan fingerprint density at radius 3 is 2.88 bits per heavy atom. The molecule has 0 aliphatic carbocycles. The van der Waals surface area contributed by atoms with Crippen molar-refractivity contribution < 1.29 is 9.53 Å². The van der Waals surface area contributed by atoms with Gasteiger partial charge in [-0.05, 0) is 25.0 Å². The number of carbonyl (C=O) groups excluding carboxylic acids is 1. The van der Waals surface area contributed by atoms with Gasteiger partial charge in [0.25, 0.3) is 5.91 Å². The highest BCUT2D eigenvalue weighted by Gasteiger charge is 2.14. The highest BCUT2D eigenvalue weighted by molar-refractivity contribution is 5.80. The van der Waals surface area contributed by atoms with E-state index in [4.69, 9.17) is 4.74 Å². The van der Waals surface area contributed by atoms with Gasteiger partial charge in [-0.25, -0.2) is 0 Å². The second kappa shape index (κ2) is 6.74. The van der Waals surface area contributed by atoms with Gasteiger partial charge < -0.3 is 10.1 Å². The molecule has 0 fully saturated rings. The fraction of sp³-hybridized carbons (Fsp3) is 0.357. The predicted molar refractivity (Wildman–Crippen MR) is 69.1 cm³/mol. The average Bonchev–Trinajstić information content (AvgIpc) is 2.36. The van der Waals surface area contributed by atoms with E-state index in [0.29, 0.717) is 6.54 Å². The first kappa shape index (κ1) is 13.3. The summed E-state index contributed by atoms with van der Waals surface area (Å²) in [7, 11) is 0. The summed E-state index contributed by atoms with van der Waals surface area (Å²) in [5.41, 5.74) is 1.11. The summed E-state index contributed by atoms with van der Waals surface area (Å²) >= 11 is 0. The largest absolute Gasteiger partial charge is 0.481 e. The molecule has 0 heterocycles. The van der Waals surface area contributed by atoms with Crippen molar-refractivity contribution in [2.45, 2.75) is 26.4 Å². The van der Waals surface area contributed by atoms with Gasteiger partial charge in [0, 0.05) is 6.54 Å². The lowest BCUT2D eigenvalue weighted by Crippen LogP contribution is -2.36.